The molecule has 4 rings (SSSR count). The first-order valence-electron chi connectivity index (χ1n) is 13.6. The van der Waals surface area contributed by atoms with Gasteiger partial charge >= 0.3 is 11.9 Å². The van der Waals surface area contributed by atoms with Crippen LogP contribution in [0.15, 0.2) is 91.0 Å². The second-order valence-electron chi connectivity index (χ2n) is 9.77. The number of unbranched alkanes of at least 4 members (excludes halogenated alkanes) is 5. The van der Waals surface area contributed by atoms with Crippen molar-refractivity contribution >= 4 is 11.9 Å². The van der Waals surface area contributed by atoms with E-state index in [4.69, 9.17) is 14.2 Å². The standard InChI is InChI=1S/C33H36O5/c1-3-4-5-6-7-11-14-30(31-23-24(2)32(34)38-31)36-28-21-17-27(18-22-28)33(35)37-29-19-15-26(16-20-29)25-12-9-8-10-13-25/h8-10,12-13,15-22,30-31H,2-7,11,14,23H2,1H3. The van der Waals surface area contributed by atoms with E-state index in [1.54, 1.807) is 36.4 Å². The van der Waals surface area contributed by atoms with Crippen LogP contribution in [-0.2, 0) is 9.53 Å². The van der Waals surface area contributed by atoms with Crippen LogP contribution in [0.2, 0.25) is 0 Å². The number of cyclic esters (lactones) is 1. The minimum atomic E-state index is -0.436. The van der Waals surface area contributed by atoms with Gasteiger partial charge in [0.1, 0.15) is 23.7 Å². The van der Waals surface area contributed by atoms with Crippen LogP contribution in [0.5, 0.6) is 11.5 Å². The molecule has 38 heavy (non-hydrogen) atoms. The van der Waals surface area contributed by atoms with Crippen LogP contribution in [0.4, 0.5) is 0 Å². The smallest absolute Gasteiger partial charge is 0.343 e. The van der Waals surface area contributed by atoms with Crippen LogP contribution >= 0.6 is 0 Å². The van der Waals surface area contributed by atoms with Gasteiger partial charge in [-0.05, 0) is 60.4 Å². The Balaban J connectivity index is 1.34. The normalized spacial score (nSPS) is 15.7. The molecule has 0 N–H and O–H groups in total. The molecule has 0 amide bonds. The summed E-state index contributed by atoms with van der Waals surface area (Å²) in [5, 5.41) is 0. The molecular weight excluding hydrogens is 476 g/mol. The zero-order chi connectivity index (χ0) is 26.7. The third-order valence-electron chi connectivity index (χ3n) is 6.80. The number of esters is 2. The van der Waals surface area contributed by atoms with Gasteiger partial charge < -0.3 is 14.2 Å². The summed E-state index contributed by atoms with van der Waals surface area (Å²) in [5.74, 6) is 0.325. The van der Waals surface area contributed by atoms with Crippen LogP contribution in [0.3, 0.4) is 0 Å². The zero-order valence-electron chi connectivity index (χ0n) is 22.1. The minimum absolute atomic E-state index is 0.259. The highest BCUT2D eigenvalue weighted by Crippen LogP contribution is 2.28. The lowest BCUT2D eigenvalue weighted by atomic mass is 10.0. The predicted octanol–water partition coefficient (Wildman–Crippen LogP) is 7.94. The van der Waals surface area contributed by atoms with Gasteiger partial charge in [-0.15, -0.1) is 0 Å². The highest BCUT2D eigenvalue weighted by atomic mass is 16.6. The van der Waals surface area contributed by atoms with Gasteiger partial charge in [-0.25, -0.2) is 9.59 Å². The van der Waals surface area contributed by atoms with E-state index >= 15 is 0 Å². The number of hydrogen-bond acceptors (Lipinski definition) is 5. The summed E-state index contributed by atoms with van der Waals surface area (Å²) in [6.07, 6.45) is 7.71. The monoisotopic (exact) mass is 512 g/mol. The van der Waals surface area contributed by atoms with Crippen molar-refractivity contribution in [2.75, 3.05) is 0 Å². The minimum Gasteiger partial charge on any atom is -0.487 e. The van der Waals surface area contributed by atoms with Crippen molar-refractivity contribution in [3.05, 3.63) is 96.6 Å². The fourth-order valence-electron chi connectivity index (χ4n) is 4.60. The van der Waals surface area contributed by atoms with E-state index in [0.29, 0.717) is 29.1 Å². The summed E-state index contributed by atoms with van der Waals surface area (Å²) >= 11 is 0. The van der Waals surface area contributed by atoms with Gasteiger partial charge in [0, 0.05) is 12.0 Å². The molecule has 3 aromatic carbocycles. The molecule has 1 aliphatic heterocycles. The predicted molar refractivity (Wildman–Crippen MR) is 149 cm³/mol. The number of benzene rings is 3. The summed E-state index contributed by atoms with van der Waals surface area (Å²) in [5.41, 5.74) is 3.07. The van der Waals surface area contributed by atoms with Crippen LogP contribution in [-0.4, -0.2) is 24.1 Å². The number of carbonyl (C=O) groups is 2. The highest BCUT2D eigenvalue weighted by molar-refractivity contribution is 5.91. The molecule has 1 aliphatic rings. The molecule has 2 unspecified atom stereocenters. The third-order valence-corrected chi connectivity index (χ3v) is 6.80. The second kappa shape index (κ2) is 13.6. The van der Waals surface area contributed by atoms with Gasteiger partial charge in [0.2, 0.25) is 0 Å². The van der Waals surface area contributed by atoms with Crippen molar-refractivity contribution < 1.29 is 23.8 Å². The molecule has 198 valence electrons. The lowest BCUT2D eigenvalue weighted by Gasteiger charge is -2.24. The number of carbonyl (C=O) groups excluding carboxylic acids is 2. The van der Waals surface area contributed by atoms with Crippen LogP contribution < -0.4 is 9.47 Å². The van der Waals surface area contributed by atoms with Gasteiger partial charge in [-0.3, -0.25) is 0 Å². The van der Waals surface area contributed by atoms with Gasteiger partial charge in [-0.1, -0.05) is 88.1 Å². The molecule has 0 radical (unpaired) electrons. The SMILES string of the molecule is C=C1CC(C(CCCCCCCC)Oc2ccc(C(=O)Oc3ccc(-c4ccccc4)cc3)cc2)OC1=O. The second-order valence-corrected chi connectivity index (χ2v) is 9.77. The summed E-state index contributed by atoms with van der Waals surface area (Å²) in [6, 6.07) is 24.4. The van der Waals surface area contributed by atoms with Crippen molar-refractivity contribution in [3.8, 4) is 22.6 Å². The summed E-state index contributed by atoms with van der Waals surface area (Å²) in [7, 11) is 0. The van der Waals surface area contributed by atoms with Gasteiger partial charge in [0.05, 0.1) is 5.56 Å². The molecule has 1 heterocycles. The van der Waals surface area contributed by atoms with Crippen LogP contribution in [0.25, 0.3) is 11.1 Å². The van der Waals surface area contributed by atoms with Crippen LogP contribution in [0, 0.1) is 0 Å². The van der Waals surface area contributed by atoms with E-state index in [-0.39, 0.29) is 18.2 Å². The number of ether oxygens (including phenoxy) is 3. The fourth-order valence-corrected chi connectivity index (χ4v) is 4.60. The van der Waals surface area contributed by atoms with Crippen LogP contribution in [0.1, 0.15) is 68.6 Å². The third kappa shape index (κ3) is 7.58. The Kier molecular flexibility index (Phi) is 9.74. The molecule has 3 aromatic rings. The lowest BCUT2D eigenvalue weighted by Crippen LogP contribution is -2.31. The Labute approximate surface area is 225 Å². The number of hydrogen-bond donors (Lipinski definition) is 0. The Hall–Kier alpha value is -3.86. The average Bonchev–Trinajstić information content (AvgIpc) is 3.28. The first kappa shape index (κ1) is 27.2. The molecule has 0 bridgehead atoms. The maximum absolute atomic E-state index is 12.7. The average molecular weight is 513 g/mol. The molecule has 5 nitrogen and oxygen atoms in total. The number of rotatable bonds is 13. The first-order valence-corrected chi connectivity index (χ1v) is 13.6. The van der Waals surface area contributed by atoms with E-state index in [9.17, 15) is 9.59 Å². The molecular formula is C33H36O5. The Morgan fingerprint density at radius 3 is 2.16 bits per heavy atom. The van der Waals surface area contributed by atoms with Gasteiger partial charge in [0.25, 0.3) is 0 Å². The summed E-state index contributed by atoms with van der Waals surface area (Å²) in [4.78, 5) is 24.6. The van der Waals surface area contributed by atoms with E-state index in [1.165, 1.54) is 25.7 Å². The van der Waals surface area contributed by atoms with Crippen molar-refractivity contribution in [1.29, 1.82) is 0 Å². The molecule has 5 heteroatoms. The Bertz CT molecular complexity index is 1180. The Morgan fingerprint density at radius 2 is 1.50 bits per heavy atom. The largest absolute Gasteiger partial charge is 0.487 e. The molecule has 1 fully saturated rings. The zero-order valence-corrected chi connectivity index (χ0v) is 22.1. The quantitative estimate of drug-likeness (QED) is 0.101. The van der Waals surface area contributed by atoms with Crippen molar-refractivity contribution in [2.45, 2.75) is 70.5 Å². The van der Waals surface area contributed by atoms with Crippen molar-refractivity contribution in [2.24, 2.45) is 0 Å². The highest BCUT2D eigenvalue weighted by Gasteiger charge is 2.35. The molecule has 0 aliphatic carbocycles. The summed E-state index contributed by atoms with van der Waals surface area (Å²) in [6.45, 7) is 6.02. The lowest BCUT2D eigenvalue weighted by molar-refractivity contribution is -0.142. The maximum atomic E-state index is 12.7. The summed E-state index contributed by atoms with van der Waals surface area (Å²) < 4.78 is 17.4. The Morgan fingerprint density at radius 1 is 0.868 bits per heavy atom. The van der Waals surface area contributed by atoms with E-state index in [0.717, 1.165) is 30.4 Å². The van der Waals surface area contributed by atoms with Crippen molar-refractivity contribution in [3.63, 3.8) is 0 Å². The molecule has 0 aromatic heterocycles. The fraction of sp³-hybridized carbons (Fsp3) is 0.333. The van der Waals surface area contributed by atoms with E-state index in [1.807, 2.05) is 42.5 Å². The molecule has 0 spiro atoms. The molecule has 0 saturated carbocycles. The maximum Gasteiger partial charge on any atom is 0.343 e. The van der Waals surface area contributed by atoms with Crippen molar-refractivity contribution in [1.82, 2.24) is 0 Å². The molecule has 1 saturated heterocycles. The van der Waals surface area contributed by atoms with E-state index in [2.05, 4.69) is 13.5 Å². The van der Waals surface area contributed by atoms with E-state index < -0.39 is 5.97 Å². The van der Waals surface area contributed by atoms with Gasteiger partial charge in [-0.2, -0.15) is 0 Å². The topological polar surface area (TPSA) is 61.8 Å². The van der Waals surface area contributed by atoms with Gasteiger partial charge in [0.15, 0.2) is 0 Å². The molecule has 2 atom stereocenters. The first-order chi connectivity index (χ1) is 18.5.